The van der Waals surface area contributed by atoms with Crippen LogP contribution in [0.1, 0.15) is 27.4 Å². The highest BCUT2D eigenvalue weighted by atomic mass is 32.2. The van der Waals surface area contributed by atoms with Crippen molar-refractivity contribution >= 4 is 17.1 Å². The van der Waals surface area contributed by atoms with Crippen LogP contribution in [0.3, 0.4) is 0 Å². The molecule has 1 atom stereocenters. The average molecular weight is 262 g/mol. The van der Waals surface area contributed by atoms with Gasteiger partial charge in [-0.3, -0.25) is 9.00 Å². The molecule has 0 aliphatic heterocycles. The molecule has 1 aromatic carbocycles. The highest BCUT2D eigenvalue weighted by Gasteiger charge is 2.08. The van der Waals surface area contributed by atoms with Gasteiger partial charge in [0.15, 0.2) is 12.0 Å². The maximum atomic E-state index is 12.0. The van der Waals surface area contributed by atoms with Crippen LogP contribution in [0, 0.1) is 6.92 Å². The Hall–Kier alpha value is -1.68. The van der Waals surface area contributed by atoms with E-state index >= 15 is 0 Å². The summed E-state index contributed by atoms with van der Waals surface area (Å²) in [5.74, 6) is 1.70. The standard InChI is InChI=1S/C14H14O3S/c1-11-4-2-3-5-12(11)9-18(16)10-14-7-6-13(8-15)17-14/h2-8H,9-10H2,1H3. The van der Waals surface area contributed by atoms with Crippen molar-refractivity contribution in [1.29, 1.82) is 0 Å². The Morgan fingerprint density at radius 3 is 2.61 bits per heavy atom. The fourth-order valence-corrected chi connectivity index (χ4v) is 2.94. The van der Waals surface area contributed by atoms with Gasteiger partial charge in [-0.15, -0.1) is 0 Å². The van der Waals surface area contributed by atoms with Gasteiger partial charge in [-0.05, 0) is 30.2 Å². The van der Waals surface area contributed by atoms with Crippen molar-refractivity contribution in [2.75, 3.05) is 0 Å². The number of hydrogen-bond acceptors (Lipinski definition) is 3. The topological polar surface area (TPSA) is 47.3 Å². The quantitative estimate of drug-likeness (QED) is 0.778. The fourth-order valence-electron chi connectivity index (χ4n) is 1.69. The zero-order chi connectivity index (χ0) is 13.0. The molecule has 1 unspecified atom stereocenters. The monoisotopic (exact) mass is 262 g/mol. The summed E-state index contributed by atoms with van der Waals surface area (Å²) in [5.41, 5.74) is 2.22. The molecule has 3 nitrogen and oxygen atoms in total. The first-order chi connectivity index (χ1) is 8.69. The summed E-state index contributed by atoms with van der Waals surface area (Å²) in [7, 11) is -1.03. The predicted molar refractivity (Wildman–Crippen MR) is 70.8 cm³/mol. The van der Waals surface area contributed by atoms with E-state index in [-0.39, 0.29) is 5.76 Å². The van der Waals surface area contributed by atoms with Crippen LogP contribution < -0.4 is 0 Å². The maximum absolute atomic E-state index is 12.0. The number of benzene rings is 1. The summed E-state index contributed by atoms with van der Waals surface area (Å²) in [6.45, 7) is 2.00. The van der Waals surface area contributed by atoms with Crippen molar-refractivity contribution in [2.45, 2.75) is 18.4 Å². The molecule has 2 rings (SSSR count). The molecule has 0 saturated carbocycles. The first-order valence-corrected chi connectivity index (χ1v) is 7.11. The van der Waals surface area contributed by atoms with E-state index in [2.05, 4.69) is 0 Å². The van der Waals surface area contributed by atoms with Crippen LogP contribution in [0.25, 0.3) is 0 Å². The summed E-state index contributed by atoms with van der Waals surface area (Å²) in [4.78, 5) is 10.5. The molecule has 0 aliphatic carbocycles. The number of rotatable bonds is 5. The number of aldehydes is 1. The fraction of sp³-hybridized carbons (Fsp3) is 0.214. The van der Waals surface area contributed by atoms with Gasteiger partial charge in [0.2, 0.25) is 0 Å². The second-order valence-corrected chi connectivity index (χ2v) is 5.53. The second-order valence-electron chi connectivity index (χ2n) is 4.08. The van der Waals surface area contributed by atoms with Gasteiger partial charge in [0, 0.05) is 16.6 Å². The van der Waals surface area contributed by atoms with Crippen LogP contribution >= 0.6 is 0 Å². The number of furan rings is 1. The van der Waals surface area contributed by atoms with E-state index in [4.69, 9.17) is 4.42 Å². The first kappa shape index (κ1) is 12.8. The minimum atomic E-state index is -1.03. The van der Waals surface area contributed by atoms with Gasteiger partial charge in [-0.1, -0.05) is 24.3 Å². The third kappa shape index (κ3) is 3.17. The molecular formula is C14H14O3S. The van der Waals surface area contributed by atoms with Crippen LogP contribution in [0.15, 0.2) is 40.8 Å². The molecule has 1 heterocycles. The number of aryl methyl sites for hydroxylation is 1. The zero-order valence-electron chi connectivity index (χ0n) is 10.1. The molecule has 0 amide bonds. The van der Waals surface area contributed by atoms with Gasteiger partial charge < -0.3 is 4.42 Å². The third-order valence-corrected chi connectivity index (χ3v) is 3.92. The second kappa shape index (κ2) is 5.78. The van der Waals surface area contributed by atoms with Gasteiger partial charge in [-0.2, -0.15) is 0 Å². The third-order valence-electron chi connectivity index (χ3n) is 2.68. The Kier molecular flexibility index (Phi) is 4.10. The Morgan fingerprint density at radius 1 is 1.17 bits per heavy atom. The lowest BCUT2D eigenvalue weighted by Crippen LogP contribution is -2.00. The molecule has 0 bridgehead atoms. The number of carbonyl (C=O) groups excluding carboxylic acids is 1. The molecule has 18 heavy (non-hydrogen) atoms. The number of carbonyl (C=O) groups is 1. The average Bonchev–Trinajstić information content (AvgIpc) is 2.80. The predicted octanol–water partition coefficient (Wildman–Crippen LogP) is 2.85. The van der Waals surface area contributed by atoms with Crippen molar-refractivity contribution < 1.29 is 13.4 Å². The molecule has 0 fully saturated rings. The molecule has 4 heteroatoms. The van der Waals surface area contributed by atoms with Crippen LogP contribution in [0.4, 0.5) is 0 Å². The van der Waals surface area contributed by atoms with Gasteiger partial charge in [-0.25, -0.2) is 0 Å². The first-order valence-electron chi connectivity index (χ1n) is 5.62. The molecular weight excluding hydrogens is 248 g/mol. The van der Waals surface area contributed by atoms with E-state index in [1.165, 1.54) is 0 Å². The Morgan fingerprint density at radius 2 is 1.94 bits per heavy atom. The number of hydrogen-bond donors (Lipinski definition) is 0. The SMILES string of the molecule is Cc1ccccc1CS(=O)Cc1ccc(C=O)o1. The van der Waals surface area contributed by atoms with Gasteiger partial charge >= 0.3 is 0 Å². The minimum absolute atomic E-state index is 0.276. The van der Waals surface area contributed by atoms with E-state index in [0.717, 1.165) is 11.1 Å². The van der Waals surface area contributed by atoms with Crippen LogP contribution in [0.5, 0.6) is 0 Å². The van der Waals surface area contributed by atoms with E-state index < -0.39 is 10.8 Å². The maximum Gasteiger partial charge on any atom is 0.185 e. The molecule has 0 spiro atoms. The van der Waals surface area contributed by atoms with Gasteiger partial charge in [0.05, 0.1) is 5.75 Å². The molecule has 1 aromatic heterocycles. The molecule has 2 aromatic rings. The Balaban J connectivity index is 2.01. The largest absolute Gasteiger partial charge is 0.457 e. The van der Waals surface area contributed by atoms with Crippen molar-refractivity contribution in [3.8, 4) is 0 Å². The van der Waals surface area contributed by atoms with Gasteiger partial charge in [0.1, 0.15) is 5.76 Å². The summed E-state index contributed by atoms with van der Waals surface area (Å²) >= 11 is 0. The van der Waals surface area contributed by atoms with Crippen LogP contribution in [0.2, 0.25) is 0 Å². The Bertz CT molecular complexity index is 572. The summed E-state index contributed by atoms with van der Waals surface area (Å²) in [6.07, 6.45) is 0.647. The van der Waals surface area contributed by atoms with Crippen LogP contribution in [-0.4, -0.2) is 10.5 Å². The van der Waals surface area contributed by atoms with E-state index in [1.54, 1.807) is 12.1 Å². The summed E-state index contributed by atoms with van der Waals surface area (Å²) in [6, 6.07) is 11.2. The highest BCUT2D eigenvalue weighted by molar-refractivity contribution is 7.83. The van der Waals surface area contributed by atoms with Crippen molar-refractivity contribution in [1.82, 2.24) is 0 Å². The smallest absolute Gasteiger partial charge is 0.185 e. The molecule has 0 aliphatic rings. The zero-order valence-corrected chi connectivity index (χ0v) is 10.9. The van der Waals surface area contributed by atoms with Crippen molar-refractivity contribution in [3.05, 3.63) is 59.0 Å². The minimum Gasteiger partial charge on any atom is -0.457 e. The Labute approximate surface area is 108 Å². The van der Waals surface area contributed by atoms with Crippen molar-refractivity contribution in [2.24, 2.45) is 0 Å². The normalized spacial score (nSPS) is 12.3. The van der Waals surface area contributed by atoms with Crippen molar-refractivity contribution in [3.63, 3.8) is 0 Å². The van der Waals surface area contributed by atoms with E-state index in [0.29, 0.717) is 23.6 Å². The van der Waals surface area contributed by atoms with Crippen LogP contribution in [-0.2, 0) is 22.3 Å². The summed E-state index contributed by atoms with van der Waals surface area (Å²) < 4.78 is 17.2. The lowest BCUT2D eigenvalue weighted by molar-refractivity contribution is 0.109. The molecule has 94 valence electrons. The lowest BCUT2D eigenvalue weighted by Gasteiger charge is -2.04. The highest BCUT2D eigenvalue weighted by Crippen LogP contribution is 2.14. The van der Waals surface area contributed by atoms with E-state index in [9.17, 15) is 9.00 Å². The van der Waals surface area contributed by atoms with Gasteiger partial charge in [0.25, 0.3) is 0 Å². The lowest BCUT2D eigenvalue weighted by atomic mass is 10.1. The molecule has 0 saturated heterocycles. The van der Waals surface area contributed by atoms with E-state index in [1.807, 2.05) is 31.2 Å². The summed E-state index contributed by atoms with van der Waals surface area (Å²) in [5, 5.41) is 0. The molecule has 0 N–H and O–H groups in total. The molecule has 0 radical (unpaired) electrons.